The van der Waals surface area contributed by atoms with E-state index in [2.05, 4.69) is 5.32 Å². The molecule has 1 rings (SSSR count). The van der Waals surface area contributed by atoms with Crippen molar-refractivity contribution in [3.05, 3.63) is 29.3 Å². The number of carboxylic acid groups (broad SMARTS) is 1. The summed E-state index contributed by atoms with van der Waals surface area (Å²) in [5.74, 6) is -3.30. The fourth-order valence-corrected chi connectivity index (χ4v) is 1.57. The summed E-state index contributed by atoms with van der Waals surface area (Å²) in [7, 11) is 0. The third kappa shape index (κ3) is 3.40. The standard InChI is InChI=1S/C12H15F2NO3/c1-2-8(3-4-16)15-11-9(13)5-7(12(17)18)6-10(11)14/h5-6,8,15-16H,2-4H2,1H3,(H,17,18). The van der Waals surface area contributed by atoms with Crippen molar-refractivity contribution in [3.63, 3.8) is 0 Å². The van der Waals surface area contributed by atoms with Crippen LogP contribution < -0.4 is 5.32 Å². The first-order valence-corrected chi connectivity index (χ1v) is 5.59. The van der Waals surface area contributed by atoms with Crippen molar-refractivity contribution in [1.82, 2.24) is 0 Å². The molecule has 0 aromatic heterocycles. The highest BCUT2D eigenvalue weighted by Gasteiger charge is 2.17. The molecule has 1 atom stereocenters. The van der Waals surface area contributed by atoms with Gasteiger partial charge in [0.15, 0.2) is 0 Å². The number of aromatic carboxylic acids is 1. The molecule has 3 N–H and O–H groups in total. The number of halogens is 2. The zero-order valence-electron chi connectivity index (χ0n) is 9.91. The maximum absolute atomic E-state index is 13.6. The predicted molar refractivity (Wildman–Crippen MR) is 62.7 cm³/mol. The average molecular weight is 259 g/mol. The molecule has 0 aliphatic rings. The molecular formula is C12H15F2NO3. The molecule has 4 nitrogen and oxygen atoms in total. The van der Waals surface area contributed by atoms with E-state index in [4.69, 9.17) is 10.2 Å². The molecule has 0 saturated heterocycles. The van der Waals surface area contributed by atoms with Crippen molar-refractivity contribution in [2.75, 3.05) is 11.9 Å². The molecule has 0 bridgehead atoms. The Morgan fingerprint density at radius 1 is 1.39 bits per heavy atom. The Kier molecular flexibility index (Phi) is 5.03. The predicted octanol–water partition coefficient (Wildman–Crippen LogP) is 2.24. The van der Waals surface area contributed by atoms with Gasteiger partial charge in [0.25, 0.3) is 0 Å². The molecule has 0 aliphatic heterocycles. The summed E-state index contributed by atoms with van der Waals surface area (Å²) in [6.07, 6.45) is 0.941. The van der Waals surface area contributed by atoms with Crippen LogP contribution >= 0.6 is 0 Å². The number of hydrogen-bond donors (Lipinski definition) is 3. The van der Waals surface area contributed by atoms with Crippen LogP contribution in [0.1, 0.15) is 30.1 Å². The summed E-state index contributed by atoms with van der Waals surface area (Å²) in [6.45, 7) is 1.72. The average Bonchev–Trinajstić information content (AvgIpc) is 2.31. The lowest BCUT2D eigenvalue weighted by Crippen LogP contribution is -2.21. The van der Waals surface area contributed by atoms with E-state index in [0.29, 0.717) is 12.8 Å². The van der Waals surface area contributed by atoms with E-state index in [1.165, 1.54) is 0 Å². The second-order valence-electron chi connectivity index (χ2n) is 3.88. The molecule has 0 aliphatic carbocycles. The number of carboxylic acids is 1. The minimum absolute atomic E-state index is 0.0953. The van der Waals surface area contributed by atoms with Crippen LogP contribution in [0.4, 0.5) is 14.5 Å². The summed E-state index contributed by atoms with van der Waals surface area (Å²) in [5.41, 5.74) is -0.800. The van der Waals surface area contributed by atoms with Gasteiger partial charge in [0, 0.05) is 12.6 Å². The Hall–Kier alpha value is -1.69. The van der Waals surface area contributed by atoms with E-state index in [1.54, 1.807) is 0 Å². The van der Waals surface area contributed by atoms with Crippen molar-refractivity contribution < 1.29 is 23.8 Å². The van der Waals surface area contributed by atoms with Crippen LogP contribution in [0, 0.1) is 11.6 Å². The normalized spacial score (nSPS) is 12.2. The number of aliphatic hydroxyl groups is 1. The Balaban J connectivity index is 2.99. The molecule has 0 amide bonds. The number of nitrogens with one attached hydrogen (secondary N) is 1. The largest absolute Gasteiger partial charge is 0.478 e. The summed E-state index contributed by atoms with van der Waals surface area (Å²) >= 11 is 0. The quantitative estimate of drug-likeness (QED) is 0.732. The first-order valence-electron chi connectivity index (χ1n) is 5.59. The summed E-state index contributed by atoms with van der Waals surface area (Å²) in [5, 5.41) is 20.1. The fourth-order valence-electron chi connectivity index (χ4n) is 1.57. The minimum Gasteiger partial charge on any atom is -0.478 e. The van der Waals surface area contributed by atoms with Gasteiger partial charge in [-0.2, -0.15) is 0 Å². The highest BCUT2D eigenvalue weighted by molar-refractivity contribution is 5.88. The molecular weight excluding hydrogens is 244 g/mol. The highest BCUT2D eigenvalue weighted by Crippen LogP contribution is 2.22. The van der Waals surface area contributed by atoms with Crippen LogP contribution in [0.5, 0.6) is 0 Å². The van der Waals surface area contributed by atoms with E-state index in [1.807, 2.05) is 6.92 Å². The highest BCUT2D eigenvalue weighted by atomic mass is 19.1. The van der Waals surface area contributed by atoms with Gasteiger partial charge in [0.2, 0.25) is 0 Å². The molecule has 6 heteroatoms. The molecule has 1 aromatic rings. The Morgan fingerprint density at radius 2 is 1.94 bits per heavy atom. The van der Waals surface area contributed by atoms with Crippen molar-refractivity contribution in [2.24, 2.45) is 0 Å². The molecule has 0 radical (unpaired) electrons. The van der Waals surface area contributed by atoms with Gasteiger partial charge in [0.05, 0.1) is 5.56 Å². The number of hydrogen-bond acceptors (Lipinski definition) is 3. The topological polar surface area (TPSA) is 69.6 Å². The van der Waals surface area contributed by atoms with Gasteiger partial charge in [-0.05, 0) is 25.0 Å². The van der Waals surface area contributed by atoms with Gasteiger partial charge in [-0.3, -0.25) is 0 Å². The second-order valence-corrected chi connectivity index (χ2v) is 3.88. The smallest absolute Gasteiger partial charge is 0.335 e. The second kappa shape index (κ2) is 6.30. The number of carbonyl (C=O) groups is 1. The van der Waals surface area contributed by atoms with Gasteiger partial charge in [-0.15, -0.1) is 0 Å². The lowest BCUT2D eigenvalue weighted by molar-refractivity contribution is 0.0696. The maximum atomic E-state index is 13.6. The van der Waals surface area contributed by atoms with E-state index in [-0.39, 0.29) is 18.3 Å². The molecule has 18 heavy (non-hydrogen) atoms. The van der Waals surface area contributed by atoms with E-state index >= 15 is 0 Å². The summed E-state index contributed by atoms with van der Waals surface area (Å²) in [6, 6.07) is 1.26. The van der Waals surface area contributed by atoms with Gasteiger partial charge in [-0.1, -0.05) is 6.92 Å². The third-order valence-corrected chi connectivity index (χ3v) is 2.61. The van der Waals surface area contributed by atoms with Crippen LogP contribution in [-0.4, -0.2) is 28.8 Å². The number of benzene rings is 1. The zero-order valence-corrected chi connectivity index (χ0v) is 9.91. The maximum Gasteiger partial charge on any atom is 0.335 e. The Labute approximate surface area is 103 Å². The zero-order chi connectivity index (χ0) is 13.7. The molecule has 0 heterocycles. The molecule has 0 fully saturated rings. The number of anilines is 1. The first kappa shape index (κ1) is 14.4. The lowest BCUT2D eigenvalue weighted by Gasteiger charge is -2.18. The third-order valence-electron chi connectivity index (χ3n) is 2.61. The van der Waals surface area contributed by atoms with E-state index in [9.17, 15) is 13.6 Å². The first-order chi connectivity index (χ1) is 8.49. The van der Waals surface area contributed by atoms with Crippen LogP contribution in [0.2, 0.25) is 0 Å². The van der Waals surface area contributed by atoms with Crippen molar-refractivity contribution in [3.8, 4) is 0 Å². The van der Waals surface area contributed by atoms with Crippen molar-refractivity contribution in [2.45, 2.75) is 25.8 Å². The summed E-state index contributed by atoms with van der Waals surface area (Å²) < 4.78 is 27.2. The van der Waals surface area contributed by atoms with Gasteiger partial charge in [0.1, 0.15) is 17.3 Å². The van der Waals surface area contributed by atoms with E-state index in [0.717, 1.165) is 12.1 Å². The monoisotopic (exact) mass is 259 g/mol. The fraction of sp³-hybridized carbons (Fsp3) is 0.417. The number of rotatable bonds is 6. The van der Waals surface area contributed by atoms with Crippen LogP contribution in [0.3, 0.4) is 0 Å². The van der Waals surface area contributed by atoms with Gasteiger partial charge < -0.3 is 15.5 Å². The molecule has 0 saturated carbocycles. The van der Waals surface area contributed by atoms with Crippen LogP contribution in [0.15, 0.2) is 12.1 Å². The molecule has 1 unspecified atom stereocenters. The number of aliphatic hydroxyl groups excluding tert-OH is 1. The lowest BCUT2D eigenvalue weighted by atomic mass is 10.1. The Bertz CT molecular complexity index is 414. The molecule has 0 spiro atoms. The minimum atomic E-state index is -1.39. The molecule has 1 aromatic carbocycles. The van der Waals surface area contributed by atoms with Crippen molar-refractivity contribution in [1.29, 1.82) is 0 Å². The van der Waals surface area contributed by atoms with Crippen LogP contribution in [-0.2, 0) is 0 Å². The van der Waals surface area contributed by atoms with E-state index < -0.39 is 23.2 Å². The SMILES string of the molecule is CCC(CCO)Nc1c(F)cc(C(=O)O)cc1F. The molecule has 100 valence electrons. The Morgan fingerprint density at radius 3 is 2.33 bits per heavy atom. The summed E-state index contributed by atoms with van der Waals surface area (Å²) in [4.78, 5) is 10.6. The van der Waals surface area contributed by atoms with Gasteiger partial charge in [-0.25, -0.2) is 13.6 Å². The van der Waals surface area contributed by atoms with Gasteiger partial charge >= 0.3 is 5.97 Å². The van der Waals surface area contributed by atoms with Crippen molar-refractivity contribution >= 4 is 11.7 Å². The van der Waals surface area contributed by atoms with Crippen LogP contribution in [0.25, 0.3) is 0 Å².